The SMILES string of the molecule is O=S(=O)(NCC(O)c1ccc(F)cc1)c1ccc(F)cc1Cl. The van der Waals surface area contributed by atoms with Crippen molar-refractivity contribution in [1.29, 1.82) is 0 Å². The fraction of sp³-hybridized carbons (Fsp3) is 0.143. The predicted molar refractivity (Wildman–Crippen MR) is 78.0 cm³/mol. The first-order valence-corrected chi connectivity index (χ1v) is 8.04. The molecule has 2 aromatic rings. The minimum absolute atomic E-state index is 0.260. The normalized spacial score (nSPS) is 13.1. The number of aliphatic hydroxyl groups is 1. The number of sulfonamides is 1. The van der Waals surface area contributed by atoms with Crippen molar-refractivity contribution in [3.8, 4) is 0 Å². The number of hydrogen-bond acceptors (Lipinski definition) is 3. The molecule has 0 radical (unpaired) electrons. The number of nitrogens with one attached hydrogen (secondary N) is 1. The topological polar surface area (TPSA) is 66.4 Å². The molecule has 4 nitrogen and oxygen atoms in total. The van der Waals surface area contributed by atoms with Gasteiger partial charge in [-0.1, -0.05) is 23.7 Å². The molecule has 0 aliphatic rings. The third kappa shape index (κ3) is 4.01. The molecule has 0 saturated heterocycles. The first-order valence-electron chi connectivity index (χ1n) is 6.18. The van der Waals surface area contributed by atoms with Gasteiger partial charge in [0.15, 0.2) is 0 Å². The fourth-order valence-electron chi connectivity index (χ4n) is 1.76. The minimum Gasteiger partial charge on any atom is -0.387 e. The Kier molecular flexibility index (Phi) is 5.12. The van der Waals surface area contributed by atoms with E-state index in [2.05, 4.69) is 4.72 Å². The van der Waals surface area contributed by atoms with Crippen LogP contribution in [0.25, 0.3) is 0 Å². The third-order valence-corrected chi connectivity index (χ3v) is 4.81. The van der Waals surface area contributed by atoms with Crippen molar-refractivity contribution >= 4 is 21.6 Å². The summed E-state index contributed by atoms with van der Waals surface area (Å²) in [7, 11) is -4.00. The number of halogens is 3. The zero-order valence-corrected chi connectivity index (χ0v) is 12.7. The molecule has 0 aliphatic carbocycles. The van der Waals surface area contributed by atoms with E-state index in [0.29, 0.717) is 5.56 Å². The van der Waals surface area contributed by atoms with Gasteiger partial charge >= 0.3 is 0 Å². The summed E-state index contributed by atoms with van der Waals surface area (Å²) in [6.07, 6.45) is -1.16. The monoisotopic (exact) mass is 347 g/mol. The maximum Gasteiger partial charge on any atom is 0.242 e. The highest BCUT2D eigenvalue weighted by atomic mass is 35.5. The van der Waals surface area contributed by atoms with Gasteiger partial charge in [-0.05, 0) is 35.9 Å². The van der Waals surface area contributed by atoms with E-state index in [0.717, 1.165) is 30.3 Å². The molecule has 0 bridgehead atoms. The average molecular weight is 348 g/mol. The second kappa shape index (κ2) is 6.70. The molecule has 0 fully saturated rings. The van der Waals surface area contributed by atoms with Crippen LogP contribution in [-0.4, -0.2) is 20.1 Å². The van der Waals surface area contributed by atoms with Gasteiger partial charge in [0.05, 0.1) is 11.1 Å². The molecular formula is C14H12ClF2NO3S. The maximum absolute atomic E-state index is 12.9. The summed E-state index contributed by atoms with van der Waals surface area (Å²) >= 11 is 5.70. The van der Waals surface area contributed by atoms with Crippen molar-refractivity contribution in [1.82, 2.24) is 4.72 Å². The second-order valence-electron chi connectivity index (χ2n) is 4.49. The Balaban J connectivity index is 2.10. The molecule has 0 aromatic heterocycles. The van der Waals surface area contributed by atoms with Crippen molar-refractivity contribution in [3.05, 3.63) is 64.7 Å². The van der Waals surface area contributed by atoms with Gasteiger partial charge in [0.25, 0.3) is 0 Å². The highest BCUT2D eigenvalue weighted by Crippen LogP contribution is 2.22. The van der Waals surface area contributed by atoms with Crippen molar-refractivity contribution in [2.75, 3.05) is 6.54 Å². The minimum atomic E-state index is -4.00. The lowest BCUT2D eigenvalue weighted by Crippen LogP contribution is -2.28. The fourth-order valence-corrected chi connectivity index (χ4v) is 3.33. The van der Waals surface area contributed by atoms with Gasteiger partial charge in [-0.3, -0.25) is 0 Å². The Hall–Kier alpha value is -1.54. The molecule has 0 saturated carbocycles. The van der Waals surface area contributed by atoms with Gasteiger partial charge in [0.2, 0.25) is 10.0 Å². The smallest absolute Gasteiger partial charge is 0.242 e. The van der Waals surface area contributed by atoms with Gasteiger partial charge in [0, 0.05) is 6.54 Å². The van der Waals surface area contributed by atoms with Crippen LogP contribution in [-0.2, 0) is 10.0 Å². The van der Waals surface area contributed by atoms with E-state index < -0.39 is 27.8 Å². The quantitative estimate of drug-likeness (QED) is 0.873. The summed E-state index contributed by atoms with van der Waals surface area (Å²) in [5.74, 6) is -1.12. The van der Waals surface area contributed by atoms with Gasteiger partial charge in [-0.15, -0.1) is 0 Å². The number of rotatable bonds is 5. The van der Waals surface area contributed by atoms with E-state index in [1.165, 1.54) is 12.1 Å². The van der Waals surface area contributed by atoms with Crippen molar-refractivity contribution in [2.24, 2.45) is 0 Å². The van der Waals surface area contributed by atoms with Crippen LogP contribution in [0.2, 0.25) is 5.02 Å². The number of hydrogen-bond donors (Lipinski definition) is 2. The number of aliphatic hydroxyl groups excluding tert-OH is 1. The Morgan fingerprint density at radius 2 is 1.68 bits per heavy atom. The third-order valence-electron chi connectivity index (χ3n) is 2.90. The van der Waals surface area contributed by atoms with Crippen LogP contribution in [0.1, 0.15) is 11.7 Å². The summed E-state index contributed by atoms with van der Waals surface area (Å²) in [5, 5.41) is 9.63. The molecule has 22 heavy (non-hydrogen) atoms. The summed E-state index contributed by atoms with van der Waals surface area (Å²) < 4.78 is 52.0. The Labute approximate surface area is 131 Å². The first kappa shape index (κ1) is 16.8. The molecule has 118 valence electrons. The van der Waals surface area contributed by atoms with E-state index in [4.69, 9.17) is 11.6 Å². The highest BCUT2D eigenvalue weighted by molar-refractivity contribution is 7.89. The van der Waals surface area contributed by atoms with E-state index in [1.54, 1.807) is 0 Å². The van der Waals surface area contributed by atoms with Crippen LogP contribution in [0, 0.1) is 11.6 Å². The van der Waals surface area contributed by atoms with E-state index in [-0.39, 0.29) is 16.5 Å². The molecule has 2 aromatic carbocycles. The van der Waals surface area contributed by atoms with Crippen LogP contribution in [0.3, 0.4) is 0 Å². The van der Waals surface area contributed by atoms with E-state index >= 15 is 0 Å². The Morgan fingerprint density at radius 3 is 2.27 bits per heavy atom. The Morgan fingerprint density at radius 1 is 1.09 bits per heavy atom. The molecular weight excluding hydrogens is 336 g/mol. The van der Waals surface area contributed by atoms with Gasteiger partial charge in [-0.25, -0.2) is 21.9 Å². The van der Waals surface area contributed by atoms with Crippen LogP contribution < -0.4 is 4.72 Å². The molecule has 1 atom stereocenters. The first-order chi connectivity index (χ1) is 10.3. The Bertz CT molecular complexity index is 766. The van der Waals surface area contributed by atoms with Crippen molar-refractivity contribution in [3.63, 3.8) is 0 Å². The van der Waals surface area contributed by atoms with E-state index in [9.17, 15) is 22.3 Å². The molecule has 0 spiro atoms. The molecule has 0 heterocycles. The average Bonchev–Trinajstić information content (AvgIpc) is 2.45. The van der Waals surface area contributed by atoms with Crippen LogP contribution in [0.4, 0.5) is 8.78 Å². The lowest BCUT2D eigenvalue weighted by molar-refractivity contribution is 0.182. The largest absolute Gasteiger partial charge is 0.387 e. The van der Waals surface area contributed by atoms with Gasteiger partial charge < -0.3 is 5.11 Å². The molecule has 8 heteroatoms. The lowest BCUT2D eigenvalue weighted by Gasteiger charge is -2.13. The lowest BCUT2D eigenvalue weighted by atomic mass is 10.1. The second-order valence-corrected chi connectivity index (χ2v) is 6.64. The maximum atomic E-state index is 12.9. The van der Waals surface area contributed by atoms with Crippen molar-refractivity contribution in [2.45, 2.75) is 11.0 Å². The zero-order chi connectivity index (χ0) is 16.3. The molecule has 2 rings (SSSR count). The summed E-state index contributed by atoms with van der Waals surface area (Å²) in [5.41, 5.74) is 0.356. The van der Waals surface area contributed by atoms with Crippen LogP contribution >= 0.6 is 11.6 Å². The predicted octanol–water partition coefficient (Wildman–Crippen LogP) is 2.63. The van der Waals surface area contributed by atoms with Crippen molar-refractivity contribution < 1.29 is 22.3 Å². The highest BCUT2D eigenvalue weighted by Gasteiger charge is 2.20. The van der Waals surface area contributed by atoms with Gasteiger partial charge in [-0.2, -0.15) is 0 Å². The van der Waals surface area contributed by atoms with E-state index in [1.807, 2.05) is 0 Å². The molecule has 0 aliphatic heterocycles. The summed E-state index contributed by atoms with van der Waals surface area (Å²) in [4.78, 5) is -0.290. The zero-order valence-electron chi connectivity index (χ0n) is 11.1. The van der Waals surface area contributed by atoms with Gasteiger partial charge in [0.1, 0.15) is 16.5 Å². The standard InChI is InChI=1S/C14H12ClF2NO3S/c15-12-7-11(17)5-6-14(12)22(20,21)18-8-13(19)9-1-3-10(16)4-2-9/h1-7,13,18-19H,8H2. The molecule has 1 unspecified atom stereocenters. The number of benzene rings is 2. The molecule has 0 amide bonds. The summed E-state index contributed by atoms with van der Waals surface area (Å²) in [6.45, 7) is -0.332. The molecule has 2 N–H and O–H groups in total. The van der Waals surface area contributed by atoms with Crippen LogP contribution in [0.15, 0.2) is 47.4 Å². The van der Waals surface area contributed by atoms with Crippen LogP contribution in [0.5, 0.6) is 0 Å². The summed E-state index contributed by atoms with van der Waals surface area (Å²) in [6, 6.07) is 7.89.